The summed E-state index contributed by atoms with van der Waals surface area (Å²) in [6, 6.07) is 0. The Balaban J connectivity index is -0.0000000800. The van der Waals surface area contributed by atoms with E-state index in [1.807, 2.05) is 0 Å². The van der Waals surface area contributed by atoms with Crippen molar-refractivity contribution in [3.8, 4) is 0 Å². The third kappa shape index (κ3) is 862. The van der Waals surface area contributed by atoms with Gasteiger partial charge in [-0.3, -0.25) is 9.11 Å². The molecule has 0 bridgehead atoms. The molecule has 0 aromatic heterocycles. The van der Waals surface area contributed by atoms with Gasteiger partial charge in [0, 0.05) is 16.8 Å². The fraction of sp³-hybridized carbons (Fsp3) is 1.00. The van der Waals surface area contributed by atoms with Crippen LogP contribution in [0.4, 0.5) is 0 Å². The van der Waals surface area contributed by atoms with E-state index in [0.29, 0.717) is 0 Å². The molecule has 0 fully saturated rings. The Labute approximate surface area is 52.7 Å². The summed E-state index contributed by atoms with van der Waals surface area (Å²) < 4.78 is 31.6. The Bertz CT molecular complexity index is 94.9. The second kappa shape index (κ2) is 4.53. The number of rotatable bonds is 0. The Morgan fingerprint density at radius 2 is 1.14 bits per heavy atom. The summed E-state index contributed by atoms with van der Waals surface area (Å²) in [5.74, 6) is 0. The second-order valence-electron chi connectivity index (χ2n) is 0.448. The first-order valence-corrected chi connectivity index (χ1v) is 2.10. The Morgan fingerprint density at radius 3 is 1.14 bits per heavy atom. The van der Waals surface area contributed by atoms with Crippen LogP contribution in [0.5, 0.6) is 0 Å². The van der Waals surface area contributed by atoms with Crippen LogP contribution in [0.25, 0.3) is 0 Å². The predicted octanol–water partition coefficient (Wildman–Crippen LogP) is -0.0192. The van der Waals surface area contributed by atoms with Gasteiger partial charge in [-0.2, -0.15) is 8.42 Å². The van der Waals surface area contributed by atoms with Gasteiger partial charge in [0.25, 0.3) is 0 Å². The van der Waals surface area contributed by atoms with E-state index in [1.54, 1.807) is 0 Å². The number of hydrogen-bond acceptors (Lipinski definition) is 2. The molecule has 0 spiro atoms. The van der Waals surface area contributed by atoms with Crippen molar-refractivity contribution in [2.45, 2.75) is 7.43 Å². The molecule has 0 unspecified atom stereocenters. The Morgan fingerprint density at radius 1 is 1.14 bits per heavy atom. The van der Waals surface area contributed by atoms with Crippen molar-refractivity contribution in [2.24, 2.45) is 0 Å². The maximum atomic E-state index is 8.74. The molecule has 0 aliphatic carbocycles. The molecule has 0 amide bonds. The molecule has 0 aromatic rings. The minimum atomic E-state index is -4.67. The number of hydrogen-bond donors (Lipinski definition) is 2. The van der Waals surface area contributed by atoms with Gasteiger partial charge in [0.2, 0.25) is 0 Å². The summed E-state index contributed by atoms with van der Waals surface area (Å²) in [6.07, 6.45) is 0. The summed E-state index contributed by atoms with van der Waals surface area (Å²) in [7, 11) is -4.67. The molecule has 4 nitrogen and oxygen atoms in total. The molecule has 0 saturated carbocycles. The first-order valence-electron chi connectivity index (χ1n) is 0.698. The molecule has 0 rings (SSSR count). The van der Waals surface area contributed by atoms with Crippen LogP contribution >= 0.6 is 0 Å². The van der Waals surface area contributed by atoms with Crippen LogP contribution in [-0.4, -0.2) is 17.5 Å². The van der Waals surface area contributed by atoms with Gasteiger partial charge >= 0.3 is 10.4 Å². The van der Waals surface area contributed by atoms with Gasteiger partial charge < -0.3 is 0 Å². The SMILES string of the molecule is C.O=S(=O)(O)O.[Co]. The van der Waals surface area contributed by atoms with Crippen LogP contribution < -0.4 is 0 Å². The van der Waals surface area contributed by atoms with Crippen molar-refractivity contribution >= 4 is 10.4 Å². The molecule has 0 atom stereocenters. The van der Waals surface area contributed by atoms with Crippen molar-refractivity contribution in [3.05, 3.63) is 0 Å². The summed E-state index contributed by atoms with van der Waals surface area (Å²) in [5, 5.41) is 0. The minimum Gasteiger partial charge on any atom is -0.264 e. The molecule has 49 valence electrons. The summed E-state index contributed by atoms with van der Waals surface area (Å²) in [6.45, 7) is 0. The van der Waals surface area contributed by atoms with Crippen molar-refractivity contribution in [1.29, 1.82) is 0 Å². The van der Waals surface area contributed by atoms with E-state index in [1.165, 1.54) is 0 Å². The van der Waals surface area contributed by atoms with Crippen LogP contribution in [0.3, 0.4) is 0 Å². The van der Waals surface area contributed by atoms with Gasteiger partial charge in [0.15, 0.2) is 0 Å². The molecule has 0 aliphatic rings. The third-order valence-electron chi connectivity index (χ3n) is 0. The van der Waals surface area contributed by atoms with Gasteiger partial charge in [-0.15, -0.1) is 0 Å². The fourth-order valence-electron chi connectivity index (χ4n) is 0. The van der Waals surface area contributed by atoms with Gasteiger partial charge in [-0.25, -0.2) is 0 Å². The Hall–Kier alpha value is 0.376. The van der Waals surface area contributed by atoms with E-state index in [0.717, 1.165) is 0 Å². The maximum Gasteiger partial charge on any atom is 0.394 e. The van der Waals surface area contributed by atoms with Crippen LogP contribution in [0.2, 0.25) is 0 Å². The zero-order valence-electron chi connectivity index (χ0n) is 2.45. The zero-order valence-corrected chi connectivity index (χ0v) is 4.31. The van der Waals surface area contributed by atoms with E-state index in [-0.39, 0.29) is 24.2 Å². The molecule has 7 heavy (non-hydrogen) atoms. The average molecular weight is 173 g/mol. The molecule has 1 radical (unpaired) electrons. The van der Waals surface area contributed by atoms with Crippen LogP contribution in [0.1, 0.15) is 7.43 Å². The van der Waals surface area contributed by atoms with E-state index >= 15 is 0 Å². The zero-order chi connectivity index (χ0) is 4.50. The van der Waals surface area contributed by atoms with E-state index < -0.39 is 10.4 Å². The van der Waals surface area contributed by atoms with Gasteiger partial charge in [-0.05, 0) is 0 Å². The monoisotopic (exact) mass is 173 g/mol. The largest absolute Gasteiger partial charge is 0.394 e. The van der Waals surface area contributed by atoms with Crippen molar-refractivity contribution < 1.29 is 34.3 Å². The average Bonchev–Trinajstić information content (AvgIpc) is 0.722. The Kier molecular flexibility index (Phi) is 10.1. The molecule has 6 heteroatoms. The third-order valence-corrected chi connectivity index (χ3v) is 0. The van der Waals surface area contributed by atoms with Gasteiger partial charge in [0.05, 0.1) is 0 Å². The quantitative estimate of drug-likeness (QED) is 0.505. The molecule has 0 heterocycles. The van der Waals surface area contributed by atoms with Crippen LogP contribution in [-0.2, 0) is 27.2 Å². The normalized spacial score (nSPS) is 8.29. The summed E-state index contributed by atoms with van der Waals surface area (Å²) >= 11 is 0. The standard InChI is InChI=1S/CH4.Co.H2O4S/c;;1-5(2,3)4/h1H4;;(H2,1,2,3,4). The maximum absolute atomic E-state index is 8.74. The molecular weight excluding hydrogens is 167 g/mol. The first kappa shape index (κ1) is 15.7. The van der Waals surface area contributed by atoms with Crippen molar-refractivity contribution in [1.82, 2.24) is 0 Å². The molecule has 0 aliphatic heterocycles. The van der Waals surface area contributed by atoms with Crippen LogP contribution in [0.15, 0.2) is 0 Å². The van der Waals surface area contributed by atoms with Crippen LogP contribution in [0, 0.1) is 0 Å². The summed E-state index contributed by atoms with van der Waals surface area (Å²) in [4.78, 5) is 0. The second-order valence-corrected chi connectivity index (χ2v) is 1.34. The summed E-state index contributed by atoms with van der Waals surface area (Å²) in [5.41, 5.74) is 0. The fourth-order valence-corrected chi connectivity index (χ4v) is 0. The van der Waals surface area contributed by atoms with E-state index in [4.69, 9.17) is 17.5 Å². The van der Waals surface area contributed by atoms with Crippen molar-refractivity contribution in [3.63, 3.8) is 0 Å². The molecular formula is CH6CoO4S. The smallest absolute Gasteiger partial charge is 0.264 e. The van der Waals surface area contributed by atoms with E-state index in [2.05, 4.69) is 0 Å². The predicted molar refractivity (Wildman–Crippen MR) is 20.9 cm³/mol. The first-order chi connectivity index (χ1) is 2.00. The van der Waals surface area contributed by atoms with Gasteiger partial charge in [-0.1, -0.05) is 7.43 Å². The molecule has 0 saturated heterocycles. The molecule has 0 aromatic carbocycles. The molecule has 2 N–H and O–H groups in total. The van der Waals surface area contributed by atoms with Crippen molar-refractivity contribution in [2.75, 3.05) is 0 Å². The van der Waals surface area contributed by atoms with E-state index in [9.17, 15) is 0 Å². The minimum absolute atomic E-state index is 0. The van der Waals surface area contributed by atoms with Gasteiger partial charge in [0.1, 0.15) is 0 Å². The topological polar surface area (TPSA) is 74.6 Å².